The van der Waals surface area contributed by atoms with Crippen LogP contribution in [0.25, 0.3) is 0 Å². The van der Waals surface area contributed by atoms with Gasteiger partial charge in [-0.2, -0.15) is 0 Å². The molecule has 2 rings (SSSR count). The molecular weight excluding hydrogens is 272 g/mol. The number of alkyl halides is 2. The molecule has 1 aromatic carbocycles. The van der Waals surface area contributed by atoms with Gasteiger partial charge in [-0.15, -0.1) is 0 Å². The van der Waals surface area contributed by atoms with E-state index in [9.17, 15) is 18.4 Å². The fourth-order valence-corrected chi connectivity index (χ4v) is 1.74. The third-order valence-electron chi connectivity index (χ3n) is 2.65. The highest BCUT2D eigenvalue weighted by Crippen LogP contribution is 2.28. The number of ketones is 1. The Hall–Kier alpha value is -2.02. The Morgan fingerprint density at radius 1 is 1.45 bits per heavy atom. The SMILES string of the molecule is O=C1COc2ccc(C(=O)CCOCC(F)F)cc2N1. The molecule has 1 aliphatic heterocycles. The molecule has 7 heteroatoms. The molecule has 5 nitrogen and oxygen atoms in total. The first-order chi connectivity index (χ1) is 9.56. The van der Waals surface area contributed by atoms with Crippen LogP contribution in [0.1, 0.15) is 16.8 Å². The van der Waals surface area contributed by atoms with E-state index in [2.05, 4.69) is 10.1 Å². The summed E-state index contributed by atoms with van der Waals surface area (Å²) in [6, 6.07) is 4.65. The highest BCUT2D eigenvalue weighted by molar-refractivity contribution is 6.00. The number of anilines is 1. The zero-order valence-corrected chi connectivity index (χ0v) is 10.5. The highest BCUT2D eigenvalue weighted by Gasteiger charge is 2.17. The summed E-state index contributed by atoms with van der Waals surface area (Å²) < 4.78 is 33.5. The van der Waals surface area contributed by atoms with Crippen LogP contribution in [0.15, 0.2) is 18.2 Å². The number of benzene rings is 1. The molecule has 0 spiro atoms. The summed E-state index contributed by atoms with van der Waals surface area (Å²) in [5, 5.41) is 2.59. The van der Waals surface area contributed by atoms with Crippen LogP contribution in [0, 0.1) is 0 Å². The Morgan fingerprint density at radius 3 is 3.00 bits per heavy atom. The van der Waals surface area contributed by atoms with Crippen molar-refractivity contribution >= 4 is 17.4 Å². The summed E-state index contributed by atoms with van der Waals surface area (Å²) >= 11 is 0. The summed E-state index contributed by atoms with van der Waals surface area (Å²) in [6.07, 6.45) is -2.54. The first kappa shape index (κ1) is 14.4. The van der Waals surface area contributed by atoms with E-state index in [0.717, 1.165) is 0 Å². The van der Waals surface area contributed by atoms with Gasteiger partial charge in [0.05, 0.1) is 12.3 Å². The Labute approximate surface area is 113 Å². The zero-order chi connectivity index (χ0) is 14.5. The summed E-state index contributed by atoms with van der Waals surface area (Å²) in [4.78, 5) is 23.0. The maximum atomic E-state index is 11.8. The lowest BCUT2D eigenvalue weighted by Gasteiger charge is -2.18. The van der Waals surface area contributed by atoms with Gasteiger partial charge in [0, 0.05) is 12.0 Å². The minimum Gasteiger partial charge on any atom is -0.482 e. The minimum absolute atomic E-state index is 0.000308. The Morgan fingerprint density at radius 2 is 2.25 bits per heavy atom. The molecule has 0 aromatic heterocycles. The molecule has 0 fully saturated rings. The number of hydrogen-bond donors (Lipinski definition) is 1. The van der Waals surface area contributed by atoms with Crippen LogP contribution in [-0.2, 0) is 9.53 Å². The second-order valence-electron chi connectivity index (χ2n) is 4.19. The van der Waals surface area contributed by atoms with Crippen LogP contribution in [0.4, 0.5) is 14.5 Å². The van der Waals surface area contributed by atoms with Crippen LogP contribution in [0.3, 0.4) is 0 Å². The maximum Gasteiger partial charge on any atom is 0.262 e. The Bertz CT molecular complexity index is 519. The number of Topliss-reactive ketones (excluding diaryl/α,β-unsaturated/α-hetero) is 1. The summed E-state index contributed by atoms with van der Waals surface area (Å²) in [5.41, 5.74) is 0.802. The molecule has 1 heterocycles. The molecule has 0 atom stereocenters. The van der Waals surface area contributed by atoms with Crippen molar-refractivity contribution in [3.8, 4) is 5.75 Å². The van der Waals surface area contributed by atoms with Crippen molar-refractivity contribution in [2.24, 2.45) is 0 Å². The third kappa shape index (κ3) is 3.74. The number of carbonyl (C=O) groups excluding carboxylic acids is 2. The van der Waals surface area contributed by atoms with E-state index in [1.54, 1.807) is 12.1 Å². The van der Waals surface area contributed by atoms with Gasteiger partial charge in [0.1, 0.15) is 12.4 Å². The van der Waals surface area contributed by atoms with Crippen molar-refractivity contribution in [2.75, 3.05) is 25.1 Å². The fraction of sp³-hybridized carbons (Fsp3) is 0.385. The monoisotopic (exact) mass is 285 g/mol. The molecule has 0 bridgehead atoms. The second kappa shape index (κ2) is 6.42. The molecule has 0 aliphatic carbocycles. The normalized spacial score (nSPS) is 13.7. The number of fused-ring (bicyclic) bond motifs is 1. The van der Waals surface area contributed by atoms with Gasteiger partial charge in [0.15, 0.2) is 12.4 Å². The first-order valence-electron chi connectivity index (χ1n) is 6.02. The molecule has 1 amide bonds. The van der Waals surface area contributed by atoms with Gasteiger partial charge in [0.2, 0.25) is 0 Å². The molecular formula is C13H13F2NO4. The van der Waals surface area contributed by atoms with Crippen LogP contribution < -0.4 is 10.1 Å². The molecule has 20 heavy (non-hydrogen) atoms. The molecule has 0 radical (unpaired) electrons. The van der Waals surface area contributed by atoms with Crippen molar-refractivity contribution in [3.05, 3.63) is 23.8 Å². The smallest absolute Gasteiger partial charge is 0.262 e. The van der Waals surface area contributed by atoms with Gasteiger partial charge in [-0.3, -0.25) is 9.59 Å². The Kier molecular flexibility index (Phi) is 4.62. The summed E-state index contributed by atoms with van der Waals surface area (Å²) in [5.74, 6) is -0.0423. The lowest BCUT2D eigenvalue weighted by Crippen LogP contribution is -2.25. The van der Waals surface area contributed by atoms with E-state index in [0.29, 0.717) is 17.0 Å². The van der Waals surface area contributed by atoms with Gasteiger partial charge in [-0.05, 0) is 18.2 Å². The quantitative estimate of drug-likeness (QED) is 0.640. The van der Waals surface area contributed by atoms with E-state index in [4.69, 9.17) is 4.74 Å². The molecule has 1 N–H and O–H groups in total. The number of rotatable bonds is 6. The standard InChI is InChI=1S/C13H13F2NO4/c14-12(15)6-19-4-3-10(17)8-1-2-11-9(5-8)16-13(18)7-20-11/h1-2,5,12H,3-4,6-7H2,(H,16,18). The van der Waals surface area contributed by atoms with Crippen LogP contribution in [-0.4, -0.2) is 37.9 Å². The molecule has 1 aliphatic rings. The third-order valence-corrected chi connectivity index (χ3v) is 2.65. The number of amides is 1. The highest BCUT2D eigenvalue weighted by atomic mass is 19.3. The van der Waals surface area contributed by atoms with Crippen molar-refractivity contribution in [1.29, 1.82) is 0 Å². The van der Waals surface area contributed by atoms with Gasteiger partial charge >= 0.3 is 0 Å². The summed E-state index contributed by atoms with van der Waals surface area (Å²) in [6.45, 7) is -0.799. The van der Waals surface area contributed by atoms with Crippen molar-refractivity contribution < 1.29 is 27.8 Å². The second-order valence-corrected chi connectivity index (χ2v) is 4.19. The molecule has 1 aromatic rings. The van der Waals surface area contributed by atoms with Crippen LogP contribution in [0.2, 0.25) is 0 Å². The molecule has 0 saturated heterocycles. The van der Waals surface area contributed by atoms with Crippen LogP contribution >= 0.6 is 0 Å². The van der Waals surface area contributed by atoms with E-state index in [1.165, 1.54) is 6.07 Å². The number of nitrogens with one attached hydrogen (secondary N) is 1. The largest absolute Gasteiger partial charge is 0.482 e. The van der Waals surface area contributed by atoms with Gasteiger partial charge < -0.3 is 14.8 Å². The topological polar surface area (TPSA) is 64.6 Å². The van der Waals surface area contributed by atoms with Gasteiger partial charge in [0.25, 0.3) is 12.3 Å². The van der Waals surface area contributed by atoms with E-state index in [-0.39, 0.29) is 31.3 Å². The molecule has 0 saturated carbocycles. The van der Waals surface area contributed by atoms with E-state index >= 15 is 0 Å². The average molecular weight is 285 g/mol. The number of carbonyl (C=O) groups is 2. The van der Waals surface area contributed by atoms with Crippen molar-refractivity contribution in [3.63, 3.8) is 0 Å². The summed E-state index contributed by atoms with van der Waals surface area (Å²) in [7, 11) is 0. The van der Waals surface area contributed by atoms with Crippen molar-refractivity contribution in [2.45, 2.75) is 12.8 Å². The van der Waals surface area contributed by atoms with Gasteiger partial charge in [-0.25, -0.2) is 8.78 Å². The lowest BCUT2D eigenvalue weighted by molar-refractivity contribution is -0.118. The number of halogens is 2. The molecule has 108 valence electrons. The van der Waals surface area contributed by atoms with Crippen molar-refractivity contribution in [1.82, 2.24) is 0 Å². The van der Waals surface area contributed by atoms with E-state index in [1.807, 2.05) is 0 Å². The van der Waals surface area contributed by atoms with E-state index < -0.39 is 13.0 Å². The average Bonchev–Trinajstić information content (AvgIpc) is 2.42. The number of hydrogen-bond acceptors (Lipinski definition) is 4. The lowest BCUT2D eigenvalue weighted by atomic mass is 10.1. The first-order valence-corrected chi connectivity index (χ1v) is 6.02. The van der Waals surface area contributed by atoms with Crippen LogP contribution in [0.5, 0.6) is 5.75 Å². The predicted octanol–water partition coefficient (Wildman–Crippen LogP) is 1.87. The fourth-order valence-electron chi connectivity index (χ4n) is 1.74. The minimum atomic E-state index is -2.54. The maximum absolute atomic E-state index is 11.8. The Balaban J connectivity index is 1.93. The predicted molar refractivity (Wildman–Crippen MR) is 66.3 cm³/mol. The number of ether oxygens (including phenoxy) is 2. The zero-order valence-electron chi connectivity index (χ0n) is 10.5. The van der Waals surface area contributed by atoms with Gasteiger partial charge in [-0.1, -0.05) is 0 Å². The molecule has 0 unspecified atom stereocenters.